The highest BCUT2D eigenvalue weighted by Gasteiger charge is 2.58. The monoisotopic (exact) mass is 392 g/mol. The lowest BCUT2D eigenvalue weighted by Gasteiger charge is -2.51. The number of amides is 2. The van der Waals surface area contributed by atoms with Gasteiger partial charge in [0.25, 0.3) is 5.91 Å². The van der Waals surface area contributed by atoms with Gasteiger partial charge in [-0.3, -0.25) is 9.78 Å². The van der Waals surface area contributed by atoms with E-state index < -0.39 is 26.6 Å². The van der Waals surface area contributed by atoms with Crippen LogP contribution in [0.2, 0.25) is 16.6 Å². The number of hydrogen-bond acceptors (Lipinski definition) is 5. The van der Waals surface area contributed by atoms with Gasteiger partial charge < -0.3 is 9.16 Å². The van der Waals surface area contributed by atoms with E-state index in [1.54, 1.807) is 25.4 Å². The SMILES string of the molecule is CCOC(=O)N1C(=O)C(O[Si](C(C)C)(C(C)C)C(C)C)C1c1cccnc1. The predicted molar refractivity (Wildman–Crippen MR) is 107 cm³/mol. The third-order valence-corrected chi connectivity index (χ3v) is 11.7. The van der Waals surface area contributed by atoms with Crippen molar-refractivity contribution in [3.8, 4) is 0 Å². The number of ether oxygens (including phenoxy) is 1. The Morgan fingerprint density at radius 2 is 1.78 bits per heavy atom. The third-order valence-electron chi connectivity index (χ3n) is 5.57. The summed E-state index contributed by atoms with van der Waals surface area (Å²) in [7, 11) is -2.28. The molecule has 2 rings (SSSR count). The van der Waals surface area contributed by atoms with Crippen LogP contribution in [0.4, 0.5) is 4.79 Å². The molecule has 2 atom stereocenters. The Labute approximate surface area is 163 Å². The molecule has 2 amide bonds. The van der Waals surface area contributed by atoms with Crippen LogP contribution in [0, 0.1) is 0 Å². The minimum atomic E-state index is -2.28. The van der Waals surface area contributed by atoms with Crippen molar-refractivity contribution in [3.63, 3.8) is 0 Å². The lowest BCUT2D eigenvalue weighted by Crippen LogP contribution is -2.66. The summed E-state index contributed by atoms with van der Waals surface area (Å²) in [6.45, 7) is 15.0. The molecular formula is C20H32N2O4Si. The Balaban J connectivity index is 2.42. The van der Waals surface area contributed by atoms with Crippen molar-refractivity contribution < 1.29 is 18.8 Å². The van der Waals surface area contributed by atoms with Crippen molar-refractivity contribution in [3.05, 3.63) is 30.1 Å². The zero-order chi connectivity index (χ0) is 20.4. The molecule has 2 unspecified atom stereocenters. The number of rotatable bonds is 7. The second kappa shape index (κ2) is 8.52. The van der Waals surface area contributed by atoms with Crippen molar-refractivity contribution in [1.82, 2.24) is 9.88 Å². The molecule has 0 aromatic carbocycles. The van der Waals surface area contributed by atoms with Gasteiger partial charge >= 0.3 is 6.09 Å². The highest BCUT2D eigenvalue weighted by atomic mass is 28.4. The molecule has 1 aliphatic heterocycles. The van der Waals surface area contributed by atoms with E-state index in [0.29, 0.717) is 16.6 Å². The molecule has 27 heavy (non-hydrogen) atoms. The fraction of sp³-hybridized carbons (Fsp3) is 0.650. The summed E-state index contributed by atoms with van der Waals surface area (Å²) in [5.74, 6) is -0.318. The van der Waals surface area contributed by atoms with Gasteiger partial charge in [0.1, 0.15) is 6.04 Å². The van der Waals surface area contributed by atoms with Crippen LogP contribution in [0.3, 0.4) is 0 Å². The molecule has 0 bridgehead atoms. The number of aromatic nitrogens is 1. The Bertz CT molecular complexity index is 641. The molecule has 1 aromatic rings. The maximum Gasteiger partial charge on any atom is 0.417 e. The topological polar surface area (TPSA) is 68.7 Å². The number of pyridine rings is 1. The molecule has 0 saturated carbocycles. The van der Waals surface area contributed by atoms with Crippen LogP contribution >= 0.6 is 0 Å². The first-order valence-electron chi connectivity index (χ1n) is 9.75. The molecule has 7 heteroatoms. The number of carbonyl (C=O) groups excluding carboxylic acids is 2. The fourth-order valence-electron chi connectivity index (χ4n) is 4.48. The first kappa shape index (κ1) is 21.6. The average molecular weight is 393 g/mol. The zero-order valence-corrected chi connectivity index (χ0v) is 18.4. The summed E-state index contributed by atoms with van der Waals surface area (Å²) >= 11 is 0. The van der Waals surface area contributed by atoms with Crippen LogP contribution in [0.15, 0.2) is 24.5 Å². The minimum absolute atomic E-state index is 0.219. The highest BCUT2D eigenvalue weighted by molar-refractivity contribution is 6.77. The van der Waals surface area contributed by atoms with Gasteiger partial charge in [0.15, 0.2) is 6.10 Å². The molecule has 0 aliphatic carbocycles. The minimum Gasteiger partial charge on any atom is -0.449 e. The first-order chi connectivity index (χ1) is 12.7. The van der Waals surface area contributed by atoms with Crippen LogP contribution in [0.5, 0.6) is 0 Å². The molecule has 1 saturated heterocycles. The third kappa shape index (κ3) is 3.80. The summed E-state index contributed by atoms with van der Waals surface area (Å²) in [6, 6.07) is 3.18. The number of nitrogens with zero attached hydrogens (tertiary/aromatic N) is 2. The molecule has 0 spiro atoms. The van der Waals surface area contributed by atoms with Gasteiger partial charge in [-0.15, -0.1) is 0 Å². The Morgan fingerprint density at radius 3 is 2.22 bits per heavy atom. The number of imide groups is 1. The zero-order valence-electron chi connectivity index (χ0n) is 17.4. The summed E-state index contributed by atoms with van der Waals surface area (Å²) in [5, 5.41) is 0. The summed E-state index contributed by atoms with van der Waals surface area (Å²) in [6.07, 6.45) is 2.06. The summed E-state index contributed by atoms with van der Waals surface area (Å²) < 4.78 is 11.8. The molecule has 1 fully saturated rings. The largest absolute Gasteiger partial charge is 0.449 e. The first-order valence-corrected chi connectivity index (χ1v) is 11.9. The molecular weight excluding hydrogens is 360 g/mol. The molecule has 0 radical (unpaired) electrons. The highest BCUT2D eigenvalue weighted by Crippen LogP contribution is 2.47. The molecule has 6 nitrogen and oxygen atoms in total. The van der Waals surface area contributed by atoms with E-state index in [2.05, 4.69) is 46.5 Å². The predicted octanol–water partition coefficient (Wildman–Crippen LogP) is 4.68. The normalized spacial score (nSPS) is 20.4. The lowest BCUT2D eigenvalue weighted by molar-refractivity contribution is -0.161. The fourth-order valence-corrected chi connectivity index (χ4v) is 9.96. The van der Waals surface area contributed by atoms with Crippen molar-refractivity contribution in [1.29, 1.82) is 0 Å². The van der Waals surface area contributed by atoms with Gasteiger partial charge in [-0.1, -0.05) is 47.6 Å². The van der Waals surface area contributed by atoms with Crippen LogP contribution in [-0.4, -0.2) is 42.9 Å². The van der Waals surface area contributed by atoms with E-state index in [9.17, 15) is 9.59 Å². The standard InChI is InChI=1S/C20H32N2O4Si/c1-8-25-20(24)22-17(16-10-9-11-21-12-16)18(19(22)23)26-27(13(2)3,14(4)5)15(6)7/h9-15,17-18H,8H2,1-7H3. The van der Waals surface area contributed by atoms with E-state index in [4.69, 9.17) is 9.16 Å². The smallest absolute Gasteiger partial charge is 0.417 e. The van der Waals surface area contributed by atoms with Crippen molar-refractivity contribution in [2.45, 2.75) is 77.2 Å². The summed E-state index contributed by atoms with van der Waals surface area (Å²) in [5.41, 5.74) is 1.82. The quantitative estimate of drug-likeness (QED) is 0.498. The van der Waals surface area contributed by atoms with Gasteiger partial charge in [-0.25, -0.2) is 9.69 Å². The van der Waals surface area contributed by atoms with Gasteiger partial charge in [-0.2, -0.15) is 0 Å². The van der Waals surface area contributed by atoms with Gasteiger partial charge in [-0.05, 0) is 35.2 Å². The van der Waals surface area contributed by atoms with Crippen LogP contribution in [0.1, 0.15) is 60.1 Å². The van der Waals surface area contributed by atoms with Gasteiger partial charge in [0.2, 0.25) is 8.32 Å². The van der Waals surface area contributed by atoms with E-state index in [-0.39, 0.29) is 12.5 Å². The Kier molecular flexibility index (Phi) is 6.81. The summed E-state index contributed by atoms with van der Waals surface area (Å²) in [4.78, 5) is 30.6. The Morgan fingerprint density at radius 1 is 1.19 bits per heavy atom. The molecule has 2 heterocycles. The maximum absolute atomic E-state index is 12.9. The second-order valence-corrected chi connectivity index (χ2v) is 13.4. The number of likely N-dealkylation sites (tertiary alicyclic amines) is 1. The van der Waals surface area contributed by atoms with Gasteiger partial charge in [0.05, 0.1) is 6.61 Å². The van der Waals surface area contributed by atoms with Crippen LogP contribution < -0.4 is 0 Å². The van der Waals surface area contributed by atoms with Crippen molar-refractivity contribution >= 4 is 20.3 Å². The number of hydrogen-bond donors (Lipinski definition) is 0. The average Bonchev–Trinajstić information content (AvgIpc) is 2.59. The van der Waals surface area contributed by atoms with E-state index in [1.165, 1.54) is 4.90 Å². The molecule has 1 aliphatic rings. The number of carbonyl (C=O) groups is 2. The van der Waals surface area contributed by atoms with Crippen molar-refractivity contribution in [2.75, 3.05) is 6.61 Å². The lowest BCUT2D eigenvalue weighted by atomic mass is 9.92. The second-order valence-electron chi connectivity index (χ2n) is 7.99. The maximum atomic E-state index is 12.9. The molecule has 1 aromatic heterocycles. The van der Waals surface area contributed by atoms with E-state index in [1.807, 2.05) is 6.07 Å². The Hall–Kier alpha value is -1.73. The molecule has 0 N–H and O–H groups in total. The van der Waals surface area contributed by atoms with Crippen LogP contribution in [-0.2, 0) is 14.0 Å². The van der Waals surface area contributed by atoms with Gasteiger partial charge in [0, 0.05) is 12.4 Å². The van der Waals surface area contributed by atoms with E-state index in [0.717, 1.165) is 5.56 Å². The number of β-lactam (4-membered cyclic amide) rings is 1. The molecule has 150 valence electrons. The van der Waals surface area contributed by atoms with Crippen LogP contribution in [0.25, 0.3) is 0 Å². The van der Waals surface area contributed by atoms with E-state index >= 15 is 0 Å². The van der Waals surface area contributed by atoms with Crippen molar-refractivity contribution in [2.24, 2.45) is 0 Å².